The third-order valence-electron chi connectivity index (χ3n) is 1.80. The van der Waals surface area contributed by atoms with Crippen molar-refractivity contribution >= 4 is 28.9 Å². The van der Waals surface area contributed by atoms with Gasteiger partial charge in [-0.3, -0.25) is 0 Å². The van der Waals surface area contributed by atoms with Crippen molar-refractivity contribution in [3.8, 4) is 6.01 Å². The highest BCUT2D eigenvalue weighted by molar-refractivity contribution is 7.07. The van der Waals surface area contributed by atoms with E-state index in [4.69, 9.17) is 16.3 Å². The lowest BCUT2D eigenvalue weighted by Gasteiger charge is -2.04. The standard InChI is InChI=1S/C9H9ClN4OS/c1-15-9-13-7(10)12-8(14-9)11-4-6-2-3-16-5-6/h2-3,5H,4H2,1H3,(H,11,12,13,14). The summed E-state index contributed by atoms with van der Waals surface area (Å²) in [5.74, 6) is 0.406. The topological polar surface area (TPSA) is 59.9 Å². The van der Waals surface area contributed by atoms with Gasteiger partial charge >= 0.3 is 6.01 Å². The number of anilines is 1. The second-order valence-corrected chi connectivity index (χ2v) is 4.02. The van der Waals surface area contributed by atoms with Crippen LogP contribution in [0.25, 0.3) is 0 Å². The van der Waals surface area contributed by atoms with E-state index in [2.05, 4.69) is 20.3 Å². The van der Waals surface area contributed by atoms with Crippen LogP contribution < -0.4 is 10.1 Å². The Morgan fingerprint density at radius 1 is 1.44 bits per heavy atom. The van der Waals surface area contributed by atoms with Crippen LogP contribution in [-0.2, 0) is 6.54 Å². The summed E-state index contributed by atoms with van der Waals surface area (Å²) in [6, 6.07) is 2.23. The summed E-state index contributed by atoms with van der Waals surface area (Å²) in [6.45, 7) is 0.646. The van der Waals surface area contributed by atoms with Crippen LogP contribution in [0, 0.1) is 0 Å². The largest absolute Gasteiger partial charge is 0.467 e. The fourth-order valence-electron chi connectivity index (χ4n) is 1.08. The van der Waals surface area contributed by atoms with E-state index >= 15 is 0 Å². The van der Waals surface area contributed by atoms with E-state index < -0.39 is 0 Å². The third kappa shape index (κ3) is 2.80. The van der Waals surface area contributed by atoms with Crippen molar-refractivity contribution in [1.29, 1.82) is 0 Å². The third-order valence-corrected chi connectivity index (χ3v) is 2.70. The zero-order valence-electron chi connectivity index (χ0n) is 8.48. The molecule has 0 saturated carbocycles. The molecular weight excluding hydrogens is 248 g/mol. The smallest absolute Gasteiger partial charge is 0.322 e. The zero-order chi connectivity index (χ0) is 11.4. The van der Waals surface area contributed by atoms with Gasteiger partial charge in [0.1, 0.15) is 0 Å². The molecule has 5 nitrogen and oxygen atoms in total. The van der Waals surface area contributed by atoms with Crippen LogP contribution in [0.5, 0.6) is 6.01 Å². The minimum atomic E-state index is 0.111. The van der Waals surface area contributed by atoms with Crippen molar-refractivity contribution in [1.82, 2.24) is 15.0 Å². The summed E-state index contributed by atoms with van der Waals surface area (Å²) in [7, 11) is 1.48. The van der Waals surface area contributed by atoms with Gasteiger partial charge in [0, 0.05) is 6.54 Å². The molecule has 2 rings (SSSR count). The first kappa shape index (κ1) is 11.1. The second-order valence-electron chi connectivity index (χ2n) is 2.90. The van der Waals surface area contributed by atoms with Crippen LogP contribution in [0.2, 0.25) is 5.28 Å². The molecule has 2 aromatic rings. The lowest BCUT2D eigenvalue weighted by Crippen LogP contribution is -2.05. The van der Waals surface area contributed by atoms with Gasteiger partial charge in [-0.2, -0.15) is 26.3 Å². The molecule has 7 heteroatoms. The van der Waals surface area contributed by atoms with Gasteiger partial charge in [-0.15, -0.1) is 0 Å². The Bertz CT molecular complexity index is 463. The minimum absolute atomic E-state index is 0.111. The first-order valence-electron chi connectivity index (χ1n) is 4.48. The van der Waals surface area contributed by atoms with E-state index in [9.17, 15) is 0 Å². The van der Waals surface area contributed by atoms with E-state index in [1.165, 1.54) is 12.7 Å². The number of nitrogens with zero attached hydrogens (tertiary/aromatic N) is 3. The molecule has 0 amide bonds. The lowest BCUT2D eigenvalue weighted by atomic mass is 10.3. The second kappa shape index (κ2) is 5.09. The number of rotatable bonds is 4. The van der Waals surface area contributed by atoms with Crippen LogP contribution in [0.3, 0.4) is 0 Å². The quantitative estimate of drug-likeness (QED) is 0.909. The van der Waals surface area contributed by atoms with E-state index in [0.717, 1.165) is 0 Å². The van der Waals surface area contributed by atoms with Crippen molar-refractivity contribution in [3.05, 3.63) is 27.7 Å². The highest BCUT2D eigenvalue weighted by Crippen LogP contribution is 2.12. The molecule has 0 spiro atoms. The summed E-state index contributed by atoms with van der Waals surface area (Å²) in [6.07, 6.45) is 0. The number of ether oxygens (including phenoxy) is 1. The van der Waals surface area contributed by atoms with Crippen molar-refractivity contribution in [2.75, 3.05) is 12.4 Å². The summed E-state index contributed by atoms with van der Waals surface area (Å²) in [4.78, 5) is 11.7. The molecule has 0 radical (unpaired) electrons. The molecular formula is C9H9ClN4OS. The van der Waals surface area contributed by atoms with Gasteiger partial charge in [-0.1, -0.05) is 0 Å². The molecule has 2 aromatic heterocycles. The van der Waals surface area contributed by atoms with Gasteiger partial charge < -0.3 is 10.1 Å². The summed E-state index contributed by atoms with van der Waals surface area (Å²) < 4.78 is 4.89. The maximum absolute atomic E-state index is 5.71. The number of halogens is 1. The van der Waals surface area contributed by atoms with Gasteiger partial charge in [0.2, 0.25) is 11.2 Å². The zero-order valence-corrected chi connectivity index (χ0v) is 10.0. The molecule has 2 heterocycles. The number of nitrogens with one attached hydrogen (secondary N) is 1. The Balaban J connectivity index is 2.06. The van der Waals surface area contributed by atoms with Gasteiger partial charge in [0.25, 0.3) is 0 Å². The summed E-state index contributed by atoms with van der Waals surface area (Å²) in [5, 5.41) is 7.21. The summed E-state index contributed by atoms with van der Waals surface area (Å²) in [5.41, 5.74) is 1.17. The predicted molar refractivity (Wildman–Crippen MR) is 63.0 cm³/mol. The predicted octanol–water partition coefficient (Wildman–Crippen LogP) is 2.21. The monoisotopic (exact) mass is 256 g/mol. The van der Waals surface area contributed by atoms with Crippen molar-refractivity contribution < 1.29 is 4.74 Å². The fraction of sp³-hybridized carbons (Fsp3) is 0.222. The molecule has 0 aliphatic carbocycles. The highest BCUT2D eigenvalue weighted by atomic mass is 35.5. The number of hydrogen-bond donors (Lipinski definition) is 1. The van der Waals surface area contributed by atoms with Crippen LogP contribution in [0.1, 0.15) is 5.56 Å². The molecule has 0 aliphatic rings. The number of methoxy groups -OCH3 is 1. The lowest BCUT2D eigenvalue weighted by molar-refractivity contribution is 0.379. The Labute approximate surface area is 101 Å². The van der Waals surface area contributed by atoms with E-state index in [1.54, 1.807) is 11.3 Å². The molecule has 0 atom stereocenters. The Morgan fingerprint density at radius 3 is 3.00 bits per heavy atom. The maximum atomic E-state index is 5.71. The number of aromatic nitrogens is 3. The Morgan fingerprint density at radius 2 is 2.31 bits per heavy atom. The normalized spacial score (nSPS) is 10.1. The molecule has 84 valence electrons. The van der Waals surface area contributed by atoms with Crippen molar-refractivity contribution in [3.63, 3.8) is 0 Å². The molecule has 0 aromatic carbocycles. The number of hydrogen-bond acceptors (Lipinski definition) is 6. The maximum Gasteiger partial charge on any atom is 0.322 e. The van der Waals surface area contributed by atoms with Crippen LogP contribution in [0.15, 0.2) is 16.8 Å². The molecule has 0 bridgehead atoms. The van der Waals surface area contributed by atoms with Gasteiger partial charge in [0.15, 0.2) is 0 Å². The van der Waals surface area contributed by atoms with Gasteiger partial charge in [-0.25, -0.2) is 0 Å². The highest BCUT2D eigenvalue weighted by Gasteiger charge is 2.04. The molecule has 0 fully saturated rings. The molecule has 0 unspecified atom stereocenters. The van der Waals surface area contributed by atoms with E-state index in [-0.39, 0.29) is 11.3 Å². The average molecular weight is 257 g/mol. The van der Waals surface area contributed by atoms with E-state index in [0.29, 0.717) is 12.5 Å². The van der Waals surface area contributed by atoms with Crippen molar-refractivity contribution in [2.45, 2.75) is 6.54 Å². The van der Waals surface area contributed by atoms with E-state index in [1.807, 2.05) is 16.8 Å². The fourth-order valence-corrected chi connectivity index (χ4v) is 1.90. The molecule has 0 aliphatic heterocycles. The van der Waals surface area contributed by atoms with Crippen molar-refractivity contribution in [2.24, 2.45) is 0 Å². The van der Waals surface area contributed by atoms with Gasteiger partial charge in [-0.05, 0) is 34.0 Å². The average Bonchev–Trinajstić information content (AvgIpc) is 2.78. The molecule has 0 saturated heterocycles. The first-order valence-corrected chi connectivity index (χ1v) is 5.80. The van der Waals surface area contributed by atoms with Crippen LogP contribution in [0.4, 0.5) is 5.95 Å². The Hall–Kier alpha value is -1.40. The van der Waals surface area contributed by atoms with Crippen LogP contribution >= 0.6 is 22.9 Å². The summed E-state index contributed by atoms with van der Waals surface area (Å²) >= 11 is 7.35. The first-order chi connectivity index (χ1) is 7.78. The SMILES string of the molecule is COc1nc(Cl)nc(NCc2ccsc2)n1. The minimum Gasteiger partial charge on any atom is -0.467 e. The number of thiophene rings is 1. The molecule has 16 heavy (non-hydrogen) atoms. The molecule has 1 N–H and O–H groups in total. The van der Waals surface area contributed by atoms with Crippen LogP contribution in [-0.4, -0.2) is 22.1 Å². The van der Waals surface area contributed by atoms with Gasteiger partial charge in [0.05, 0.1) is 7.11 Å². The Kier molecular flexibility index (Phi) is 3.53.